The summed E-state index contributed by atoms with van der Waals surface area (Å²) in [6.45, 7) is 4.33. The number of hydrogen-bond donors (Lipinski definition) is 0. The summed E-state index contributed by atoms with van der Waals surface area (Å²) >= 11 is 0. The fraction of sp³-hybridized carbons (Fsp3) is 0.300. The zero-order chi connectivity index (χ0) is 9.26. The van der Waals surface area contributed by atoms with Gasteiger partial charge < -0.3 is 9.32 Å². The third-order valence-corrected chi connectivity index (χ3v) is 2.35. The van der Waals surface area contributed by atoms with E-state index >= 15 is 0 Å². The SMILES string of the molecule is C=CN1CCC(c2ccco2)C1=O. The lowest BCUT2D eigenvalue weighted by Crippen LogP contribution is -2.20. The molecule has 2 rings (SSSR count). The molecule has 1 aromatic heterocycles. The Hall–Kier alpha value is -1.51. The number of carbonyl (C=O) groups excluding carboxylic acids is 1. The zero-order valence-corrected chi connectivity index (χ0v) is 7.27. The number of nitrogens with zero attached hydrogens (tertiary/aromatic N) is 1. The maximum atomic E-state index is 11.6. The van der Waals surface area contributed by atoms with Gasteiger partial charge in [-0.25, -0.2) is 0 Å². The van der Waals surface area contributed by atoms with Gasteiger partial charge in [-0.15, -0.1) is 0 Å². The van der Waals surface area contributed by atoms with E-state index < -0.39 is 0 Å². The minimum absolute atomic E-state index is 0.0879. The fourth-order valence-electron chi connectivity index (χ4n) is 1.64. The topological polar surface area (TPSA) is 33.5 Å². The van der Waals surface area contributed by atoms with E-state index in [1.165, 1.54) is 0 Å². The highest BCUT2D eigenvalue weighted by Crippen LogP contribution is 2.28. The van der Waals surface area contributed by atoms with Crippen LogP contribution in [0, 0.1) is 0 Å². The third kappa shape index (κ3) is 1.26. The molecule has 0 aromatic carbocycles. The summed E-state index contributed by atoms with van der Waals surface area (Å²) in [4.78, 5) is 13.3. The minimum atomic E-state index is -0.104. The second-order valence-corrected chi connectivity index (χ2v) is 3.07. The molecule has 2 heterocycles. The molecule has 1 aromatic rings. The highest BCUT2D eigenvalue weighted by molar-refractivity contribution is 5.85. The minimum Gasteiger partial charge on any atom is -0.469 e. The van der Waals surface area contributed by atoms with Crippen LogP contribution in [0.1, 0.15) is 18.1 Å². The molecule has 1 amide bonds. The number of rotatable bonds is 2. The van der Waals surface area contributed by atoms with Crippen LogP contribution in [0.3, 0.4) is 0 Å². The molecule has 0 N–H and O–H groups in total. The molecule has 3 nitrogen and oxygen atoms in total. The van der Waals surface area contributed by atoms with Gasteiger partial charge >= 0.3 is 0 Å². The summed E-state index contributed by atoms with van der Waals surface area (Å²) in [7, 11) is 0. The first-order valence-electron chi connectivity index (χ1n) is 4.29. The Labute approximate surface area is 76.6 Å². The summed E-state index contributed by atoms with van der Waals surface area (Å²) in [5, 5.41) is 0. The van der Waals surface area contributed by atoms with Gasteiger partial charge in [-0.3, -0.25) is 4.79 Å². The van der Waals surface area contributed by atoms with Crippen molar-refractivity contribution in [3.8, 4) is 0 Å². The lowest BCUT2D eigenvalue weighted by molar-refractivity contribution is -0.127. The Bertz CT molecular complexity index is 316. The van der Waals surface area contributed by atoms with Crippen LogP contribution < -0.4 is 0 Å². The van der Waals surface area contributed by atoms with Crippen LogP contribution in [0.5, 0.6) is 0 Å². The average Bonchev–Trinajstić information content (AvgIpc) is 2.72. The highest BCUT2D eigenvalue weighted by Gasteiger charge is 2.32. The van der Waals surface area contributed by atoms with E-state index in [1.807, 2.05) is 6.07 Å². The van der Waals surface area contributed by atoms with Crippen LogP contribution in [-0.4, -0.2) is 17.4 Å². The van der Waals surface area contributed by atoms with E-state index in [4.69, 9.17) is 4.42 Å². The highest BCUT2D eigenvalue weighted by atomic mass is 16.3. The van der Waals surface area contributed by atoms with Crippen molar-refractivity contribution < 1.29 is 9.21 Å². The van der Waals surface area contributed by atoms with Crippen molar-refractivity contribution in [2.45, 2.75) is 12.3 Å². The maximum Gasteiger partial charge on any atom is 0.237 e. The van der Waals surface area contributed by atoms with Gasteiger partial charge in [0.2, 0.25) is 5.91 Å². The van der Waals surface area contributed by atoms with Gasteiger partial charge in [0.05, 0.1) is 12.2 Å². The van der Waals surface area contributed by atoms with Gasteiger partial charge in [-0.05, 0) is 24.8 Å². The Morgan fingerprint density at radius 2 is 2.54 bits per heavy atom. The number of likely N-dealkylation sites (tertiary alicyclic amines) is 1. The van der Waals surface area contributed by atoms with E-state index in [2.05, 4.69) is 6.58 Å². The van der Waals surface area contributed by atoms with Crippen LogP contribution in [0.15, 0.2) is 35.6 Å². The molecule has 0 aliphatic carbocycles. The summed E-state index contributed by atoms with van der Waals surface area (Å²) in [5.74, 6) is 0.743. The molecule has 0 saturated carbocycles. The predicted octanol–water partition coefficient (Wildman–Crippen LogP) is 1.74. The van der Waals surface area contributed by atoms with Crippen molar-refractivity contribution >= 4 is 5.91 Å². The van der Waals surface area contributed by atoms with E-state index in [-0.39, 0.29) is 11.8 Å². The lowest BCUT2D eigenvalue weighted by atomic mass is 10.1. The molecular weight excluding hydrogens is 166 g/mol. The molecule has 1 saturated heterocycles. The first kappa shape index (κ1) is 8.10. The number of hydrogen-bond acceptors (Lipinski definition) is 2. The van der Waals surface area contributed by atoms with E-state index in [0.29, 0.717) is 0 Å². The van der Waals surface area contributed by atoms with Crippen LogP contribution in [0.4, 0.5) is 0 Å². The number of furan rings is 1. The van der Waals surface area contributed by atoms with Crippen molar-refractivity contribution in [3.05, 3.63) is 36.9 Å². The first-order valence-corrected chi connectivity index (χ1v) is 4.29. The second-order valence-electron chi connectivity index (χ2n) is 3.07. The van der Waals surface area contributed by atoms with Crippen LogP contribution in [0.2, 0.25) is 0 Å². The summed E-state index contributed by atoms with van der Waals surface area (Å²) in [5.41, 5.74) is 0. The Morgan fingerprint density at radius 3 is 3.08 bits per heavy atom. The first-order chi connectivity index (χ1) is 6.33. The molecule has 0 bridgehead atoms. The molecule has 0 spiro atoms. The molecule has 1 unspecified atom stereocenters. The quantitative estimate of drug-likeness (QED) is 0.689. The summed E-state index contributed by atoms with van der Waals surface area (Å²) < 4.78 is 5.20. The van der Waals surface area contributed by atoms with E-state index in [1.54, 1.807) is 23.4 Å². The molecule has 1 atom stereocenters. The predicted molar refractivity (Wildman–Crippen MR) is 48.0 cm³/mol. The van der Waals surface area contributed by atoms with Gasteiger partial charge in [0.1, 0.15) is 5.76 Å². The second kappa shape index (κ2) is 3.09. The van der Waals surface area contributed by atoms with E-state index in [9.17, 15) is 4.79 Å². The largest absolute Gasteiger partial charge is 0.469 e. The molecule has 13 heavy (non-hydrogen) atoms. The normalized spacial score (nSPS) is 22.3. The van der Waals surface area contributed by atoms with Crippen molar-refractivity contribution in [1.82, 2.24) is 4.90 Å². The molecule has 0 radical (unpaired) electrons. The van der Waals surface area contributed by atoms with Crippen molar-refractivity contribution in [2.75, 3.05) is 6.54 Å². The standard InChI is InChI=1S/C10H11NO2/c1-2-11-6-5-8(10(11)12)9-4-3-7-13-9/h2-4,7-8H,1,5-6H2. The van der Waals surface area contributed by atoms with Crippen molar-refractivity contribution in [3.63, 3.8) is 0 Å². The van der Waals surface area contributed by atoms with Crippen LogP contribution >= 0.6 is 0 Å². The Kier molecular flexibility index (Phi) is 1.93. The summed E-state index contributed by atoms with van der Waals surface area (Å²) in [6.07, 6.45) is 3.99. The van der Waals surface area contributed by atoms with Crippen LogP contribution in [0.25, 0.3) is 0 Å². The molecule has 3 heteroatoms. The Morgan fingerprint density at radius 1 is 1.69 bits per heavy atom. The van der Waals surface area contributed by atoms with E-state index in [0.717, 1.165) is 18.7 Å². The van der Waals surface area contributed by atoms with Crippen molar-refractivity contribution in [2.24, 2.45) is 0 Å². The lowest BCUT2D eigenvalue weighted by Gasteiger charge is -2.08. The smallest absolute Gasteiger partial charge is 0.237 e. The number of amides is 1. The van der Waals surface area contributed by atoms with Crippen molar-refractivity contribution in [1.29, 1.82) is 0 Å². The van der Waals surface area contributed by atoms with Gasteiger partial charge in [0.15, 0.2) is 0 Å². The molecular formula is C10H11NO2. The molecule has 1 fully saturated rings. The maximum absolute atomic E-state index is 11.6. The fourth-order valence-corrected chi connectivity index (χ4v) is 1.64. The Balaban J connectivity index is 2.20. The van der Waals surface area contributed by atoms with Gasteiger partial charge in [0.25, 0.3) is 0 Å². The zero-order valence-electron chi connectivity index (χ0n) is 7.27. The monoisotopic (exact) mass is 177 g/mol. The summed E-state index contributed by atoms with van der Waals surface area (Å²) in [6, 6.07) is 3.65. The third-order valence-electron chi connectivity index (χ3n) is 2.35. The molecule has 1 aliphatic heterocycles. The van der Waals surface area contributed by atoms with Gasteiger partial charge in [-0.2, -0.15) is 0 Å². The van der Waals surface area contributed by atoms with Gasteiger partial charge in [0, 0.05) is 6.54 Å². The molecule has 68 valence electrons. The molecule has 1 aliphatic rings. The number of carbonyl (C=O) groups is 1. The van der Waals surface area contributed by atoms with Crippen LogP contribution in [-0.2, 0) is 4.79 Å². The van der Waals surface area contributed by atoms with Gasteiger partial charge in [-0.1, -0.05) is 6.58 Å². The average molecular weight is 177 g/mol.